The van der Waals surface area contributed by atoms with Gasteiger partial charge in [0.2, 0.25) is 0 Å². The molecule has 0 saturated heterocycles. The number of benzene rings is 2. The molecule has 0 bridgehead atoms. The number of ether oxygens (including phenoxy) is 1. The molecule has 0 aromatic heterocycles. The molecular formula is C21H22O2. The van der Waals surface area contributed by atoms with Crippen molar-refractivity contribution >= 4 is 5.97 Å². The maximum absolute atomic E-state index is 12.4. The molecule has 2 aromatic carbocycles. The average molecular weight is 306 g/mol. The zero-order valence-electron chi connectivity index (χ0n) is 13.9. The Bertz CT molecular complexity index is 691. The molecule has 118 valence electrons. The van der Waals surface area contributed by atoms with E-state index in [-0.39, 0.29) is 12.1 Å². The molecule has 0 heterocycles. The molecule has 0 radical (unpaired) electrons. The molecule has 2 aromatic rings. The Morgan fingerprint density at radius 3 is 2.22 bits per heavy atom. The lowest BCUT2D eigenvalue weighted by molar-refractivity contribution is -0.158. The summed E-state index contributed by atoms with van der Waals surface area (Å²) in [6.07, 6.45) is 0.201. The summed E-state index contributed by atoms with van der Waals surface area (Å²) in [6.45, 7) is 5.62. The summed E-state index contributed by atoms with van der Waals surface area (Å²) < 4.78 is 5.60. The number of hydrogen-bond donors (Lipinski definition) is 0. The van der Waals surface area contributed by atoms with Crippen LogP contribution in [-0.4, -0.2) is 5.97 Å². The first kappa shape index (κ1) is 16.8. The van der Waals surface area contributed by atoms with Gasteiger partial charge in [0.15, 0.2) is 0 Å². The van der Waals surface area contributed by atoms with E-state index in [1.54, 1.807) is 0 Å². The van der Waals surface area contributed by atoms with Gasteiger partial charge in [-0.1, -0.05) is 60.4 Å². The Labute approximate surface area is 138 Å². The summed E-state index contributed by atoms with van der Waals surface area (Å²) in [5.41, 5.74) is 1.31. The van der Waals surface area contributed by atoms with Crippen molar-refractivity contribution < 1.29 is 9.53 Å². The van der Waals surface area contributed by atoms with Crippen molar-refractivity contribution in [1.82, 2.24) is 0 Å². The number of carbonyl (C=O) groups excluding carboxylic acids is 1. The second-order valence-corrected chi connectivity index (χ2v) is 6.19. The van der Waals surface area contributed by atoms with E-state index in [1.165, 1.54) is 0 Å². The summed E-state index contributed by atoms with van der Waals surface area (Å²) in [5, 5.41) is 0. The fourth-order valence-electron chi connectivity index (χ4n) is 2.07. The average Bonchev–Trinajstić information content (AvgIpc) is 2.56. The van der Waals surface area contributed by atoms with E-state index in [9.17, 15) is 4.79 Å². The van der Waals surface area contributed by atoms with Crippen LogP contribution in [0, 0.1) is 17.3 Å². The summed E-state index contributed by atoms with van der Waals surface area (Å²) in [7, 11) is 0. The van der Waals surface area contributed by atoms with Crippen molar-refractivity contribution in [1.29, 1.82) is 0 Å². The van der Waals surface area contributed by atoms with Gasteiger partial charge in [0.25, 0.3) is 0 Å². The molecule has 0 amide bonds. The van der Waals surface area contributed by atoms with Gasteiger partial charge in [0.1, 0.15) is 6.10 Å². The first-order valence-corrected chi connectivity index (χ1v) is 7.79. The van der Waals surface area contributed by atoms with E-state index in [0.717, 1.165) is 11.1 Å². The van der Waals surface area contributed by atoms with E-state index in [0.29, 0.717) is 6.42 Å². The maximum Gasteiger partial charge on any atom is 0.313 e. The lowest BCUT2D eigenvalue weighted by Gasteiger charge is -2.23. The van der Waals surface area contributed by atoms with Crippen molar-refractivity contribution in [2.45, 2.75) is 33.3 Å². The quantitative estimate of drug-likeness (QED) is 0.601. The SMILES string of the molecule is CC(OC(=O)C(C)(C)CC#Cc1ccccc1)c1ccccc1. The summed E-state index contributed by atoms with van der Waals surface area (Å²) in [5.74, 6) is 5.94. The second kappa shape index (κ2) is 7.65. The summed E-state index contributed by atoms with van der Waals surface area (Å²) >= 11 is 0. The third kappa shape index (κ3) is 5.00. The van der Waals surface area contributed by atoms with Gasteiger partial charge in [-0.05, 0) is 38.5 Å². The van der Waals surface area contributed by atoms with Gasteiger partial charge in [-0.25, -0.2) is 0 Å². The van der Waals surface area contributed by atoms with Crippen LogP contribution in [0.5, 0.6) is 0 Å². The topological polar surface area (TPSA) is 26.3 Å². The van der Waals surface area contributed by atoms with Crippen LogP contribution in [0.4, 0.5) is 0 Å². The van der Waals surface area contributed by atoms with Crippen molar-refractivity contribution in [2.75, 3.05) is 0 Å². The number of rotatable bonds is 4. The number of hydrogen-bond acceptors (Lipinski definition) is 2. The van der Waals surface area contributed by atoms with E-state index in [1.807, 2.05) is 81.4 Å². The molecule has 0 aliphatic carbocycles. The Balaban J connectivity index is 1.96. The Morgan fingerprint density at radius 1 is 1.04 bits per heavy atom. The minimum absolute atomic E-state index is 0.226. The third-order valence-corrected chi connectivity index (χ3v) is 3.64. The third-order valence-electron chi connectivity index (χ3n) is 3.64. The van der Waals surface area contributed by atoms with E-state index in [2.05, 4.69) is 11.8 Å². The molecular weight excluding hydrogens is 284 g/mol. The monoisotopic (exact) mass is 306 g/mol. The molecule has 0 spiro atoms. The molecule has 0 N–H and O–H groups in total. The van der Waals surface area contributed by atoms with Crippen LogP contribution in [0.3, 0.4) is 0 Å². The van der Waals surface area contributed by atoms with Crippen molar-refractivity contribution in [3.05, 3.63) is 71.8 Å². The van der Waals surface area contributed by atoms with Gasteiger partial charge in [0.05, 0.1) is 5.41 Å². The first-order chi connectivity index (χ1) is 11.0. The zero-order valence-corrected chi connectivity index (χ0v) is 13.9. The van der Waals surface area contributed by atoms with Crippen LogP contribution in [-0.2, 0) is 9.53 Å². The summed E-state index contributed by atoms with van der Waals surface area (Å²) in [6, 6.07) is 19.5. The highest BCUT2D eigenvalue weighted by Crippen LogP contribution is 2.26. The molecule has 1 atom stereocenters. The molecule has 0 aliphatic heterocycles. The van der Waals surface area contributed by atoms with Gasteiger partial charge in [-0.15, -0.1) is 0 Å². The minimum atomic E-state index is -0.634. The fraction of sp³-hybridized carbons (Fsp3) is 0.286. The molecule has 1 unspecified atom stereocenters. The van der Waals surface area contributed by atoms with E-state index in [4.69, 9.17) is 4.74 Å². The largest absolute Gasteiger partial charge is 0.457 e. The molecule has 0 aliphatic rings. The maximum atomic E-state index is 12.4. The first-order valence-electron chi connectivity index (χ1n) is 7.79. The van der Waals surface area contributed by atoms with Gasteiger partial charge >= 0.3 is 5.97 Å². The smallest absolute Gasteiger partial charge is 0.313 e. The van der Waals surface area contributed by atoms with Gasteiger partial charge in [0, 0.05) is 12.0 Å². The molecule has 2 nitrogen and oxygen atoms in total. The predicted octanol–water partition coefficient (Wildman–Crippen LogP) is 4.76. The highest BCUT2D eigenvalue weighted by molar-refractivity contribution is 5.76. The summed E-state index contributed by atoms with van der Waals surface area (Å²) in [4.78, 5) is 12.4. The van der Waals surface area contributed by atoms with Gasteiger partial charge in [-0.3, -0.25) is 4.79 Å². The minimum Gasteiger partial charge on any atom is -0.457 e. The van der Waals surface area contributed by atoms with Crippen LogP contribution in [0.1, 0.15) is 44.4 Å². The lowest BCUT2D eigenvalue weighted by atomic mass is 9.89. The van der Waals surface area contributed by atoms with Gasteiger partial charge < -0.3 is 4.74 Å². The van der Waals surface area contributed by atoms with E-state index < -0.39 is 5.41 Å². The van der Waals surface area contributed by atoms with Crippen molar-refractivity contribution in [2.24, 2.45) is 5.41 Å². The molecule has 0 saturated carbocycles. The van der Waals surface area contributed by atoms with Crippen LogP contribution >= 0.6 is 0 Å². The Kier molecular flexibility index (Phi) is 5.60. The highest BCUT2D eigenvalue weighted by atomic mass is 16.5. The number of carbonyl (C=O) groups is 1. The standard InChI is InChI=1S/C21H22O2/c1-17(19-14-8-5-9-15-19)23-20(22)21(2,3)16-10-13-18-11-6-4-7-12-18/h4-9,11-12,14-15,17H,16H2,1-3H3. The zero-order chi connectivity index (χ0) is 16.7. The molecule has 2 heteroatoms. The van der Waals surface area contributed by atoms with E-state index >= 15 is 0 Å². The fourth-order valence-corrected chi connectivity index (χ4v) is 2.07. The normalized spacial score (nSPS) is 12.0. The van der Waals surface area contributed by atoms with Gasteiger partial charge in [-0.2, -0.15) is 0 Å². The molecule has 0 fully saturated rings. The lowest BCUT2D eigenvalue weighted by Crippen LogP contribution is -2.27. The van der Waals surface area contributed by atoms with Crippen molar-refractivity contribution in [3.63, 3.8) is 0 Å². The number of esters is 1. The highest BCUT2D eigenvalue weighted by Gasteiger charge is 2.30. The van der Waals surface area contributed by atoms with Crippen molar-refractivity contribution in [3.8, 4) is 11.8 Å². The van der Waals surface area contributed by atoms with Crippen LogP contribution in [0.25, 0.3) is 0 Å². The predicted molar refractivity (Wildman–Crippen MR) is 92.7 cm³/mol. The van der Waals surface area contributed by atoms with Crippen LogP contribution in [0.15, 0.2) is 60.7 Å². The van der Waals surface area contributed by atoms with Crippen LogP contribution < -0.4 is 0 Å². The Morgan fingerprint density at radius 2 is 1.61 bits per heavy atom. The molecule has 23 heavy (non-hydrogen) atoms. The van der Waals surface area contributed by atoms with Crippen LogP contribution in [0.2, 0.25) is 0 Å². The Hall–Kier alpha value is -2.53. The molecule has 2 rings (SSSR count). The second-order valence-electron chi connectivity index (χ2n) is 6.19.